The fourth-order valence-electron chi connectivity index (χ4n) is 3.89. The standard InChI is InChI=1S/C19H22N2O5/c22-14(13-5-6-15-16(11-13)26-10-4-9-25-15)12-21-17(23)19(20-18(21)24)7-2-1-3-8-19/h5-6,11H,1-4,7-10,12H2,(H,20,24). The second-order valence-electron chi connectivity index (χ2n) is 7.10. The third kappa shape index (κ3) is 2.91. The van der Waals surface area contributed by atoms with Crippen LogP contribution in [-0.4, -0.2) is 47.9 Å². The van der Waals surface area contributed by atoms with Crippen LogP contribution in [0.5, 0.6) is 11.5 Å². The van der Waals surface area contributed by atoms with Gasteiger partial charge in [0, 0.05) is 12.0 Å². The Morgan fingerprint density at radius 2 is 1.77 bits per heavy atom. The van der Waals surface area contributed by atoms with Gasteiger partial charge in [0.15, 0.2) is 17.3 Å². The van der Waals surface area contributed by atoms with Crippen molar-refractivity contribution in [2.45, 2.75) is 44.1 Å². The lowest BCUT2D eigenvalue weighted by atomic mass is 9.82. The van der Waals surface area contributed by atoms with Gasteiger partial charge in [-0.15, -0.1) is 0 Å². The minimum atomic E-state index is -0.805. The third-order valence-electron chi connectivity index (χ3n) is 5.32. The summed E-state index contributed by atoms with van der Waals surface area (Å²) in [5.74, 6) is 0.561. The number of imide groups is 1. The van der Waals surface area contributed by atoms with Gasteiger partial charge < -0.3 is 14.8 Å². The van der Waals surface area contributed by atoms with Gasteiger partial charge in [-0.3, -0.25) is 14.5 Å². The summed E-state index contributed by atoms with van der Waals surface area (Å²) in [5, 5.41) is 2.82. The van der Waals surface area contributed by atoms with Crippen molar-refractivity contribution in [3.8, 4) is 11.5 Å². The summed E-state index contributed by atoms with van der Waals surface area (Å²) in [6, 6.07) is 4.49. The molecule has 7 nitrogen and oxygen atoms in total. The maximum absolute atomic E-state index is 12.8. The van der Waals surface area contributed by atoms with Crippen molar-refractivity contribution in [2.75, 3.05) is 19.8 Å². The summed E-state index contributed by atoms with van der Waals surface area (Å²) in [6.45, 7) is 0.844. The molecular weight excluding hydrogens is 336 g/mol. The van der Waals surface area contributed by atoms with E-state index in [0.29, 0.717) is 43.1 Å². The highest BCUT2D eigenvalue weighted by atomic mass is 16.5. The molecule has 0 unspecified atom stereocenters. The van der Waals surface area contributed by atoms with Crippen LogP contribution in [0, 0.1) is 0 Å². The number of fused-ring (bicyclic) bond motifs is 1. The Morgan fingerprint density at radius 3 is 2.54 bits per heavy atom. The van der Waals surface area contributed by atoms with E-state index in [9.17, 15) is 14.4 Å². The van der Waals surface area contributed by atoms with Gasteiger partial charge in [-0.2, -0.15) is 0 Å². The quantitative estimate of drug-likeness (QED) is 0.662. The summed E-state index contributed by atoms with van der Waals surface area (Å²) in [5.41, 5.74) is -0.403. The topological polar surface area (TPSA) is 84.9 Å². The summed E-state index contributed by atoms with van der Waals surface area (Å²) >= 11 is 0. The highest BCUT2D eigenvalue weighted by Gasteiger charge is 2.51. The number of rotatable bonds is 3. The molecule has 1 spiro atoms. The zero-order chi connectivity index (χ0) is 18.1. The van der Waals surface area contributed by atoms with Crippen LogP contribution in [0.3, 0.4) is 0 Å². The predicted molar refractivity (Wildman–Crippen MR) is 92.4 cm³/mol. The molecule has 1 aromatic carbocycles. The Bertz CT molecular complexity index is 754. The monoisotopic (exact) mass is 358 g/mol. The van der Waals surface area contributed by atoms with Crippen molar-refractivity contribution >= 4 is 17.7 Å². The number of carbonyl (C=O) groups excluding carboxylic acids is 3. The molecule has 1 saturated heterocycles. The molecule has 3 amide bonds. The number of urea groups is 1. The highest BCUT2D eigenvalue weighted by Crippen LogP contribution is 2.34. The second-order valence-corrected chi connectivity index (χ2v) is 7.10. The van der Waals surface area contributed by atoms with Gasteiger partial charge in [0.1, 0.15) is 5.54 Å². The molecule has 138 valence electrons. The molecule has 26 heavy (non-hydrogen) atoms. The number of nitrogens with zero attached hydrogens (tertiary/aromatic N) is 1. The Hall–Kier alpha value is -2.57. The van der Waals surface area contributed by atoms with E-state index in [-0.39, 0.29) is 18.2 Å². The summed E-state index contributed by atoms with van der Waals surface area (Å²) in [4.78, 5) is 38.8. The van der Waals surface area contributed by atoms with Crippen LogP contribution < -0.4 is 14.8 Å². The van der Waals surface area contributed by atoms with Crippen molar-refractivity contribution in [2.24, 2.45) is 0 Å². The minimum Gasteiger partial charge on any atom is -0.490 e. The van der Waals surface area contributed by atoms with Gasteiger partial charge in [0.25, 0.3) is 5.91 Å². The lowest BCUT2D eigenvalue weighted by Gasteiger charge is -2.30. The van der Waals surface area contributed by atoms with Crippen LogP contribution in [0.25, 0.3) is 0 Å². The van der Waals surface area contributed by atoms with Gasteiger partial charge in [-0.1, -0.05) is 19.3 Å². The van der Waals surface area contributed by atoms with Crippen molar-refractivity contribution in [3.63, 3.8) is 0 Å². The fraction of sp³-hybridized carbons (Fsp3) is 0.526. The van der Waals surface area contributed by atoms with Gasteiger partial charge in [0.2, 0.25) is 0 Å². The van der Waals surface area contributed by atoms with Crippen molar-refractivity contribution < 1.29 is 23.9 Å². The van der Waals surface area contributed by atoms with Gasteiger partial charge in [-0.05, 0) is 31.0 Å². The summed E-state index contributed by atoms with van der Waals surface area (Å²) in [7, 11) is 0. The summed E-state index contributed by atoms with van der Waals surface area (Å²) < 4.78 is 11.2. The maximum atomic E-state index is 12.8. The molecule has 1 aromatic rings. The Labute approximate surface area is 151 Å². The number of ether oxygens (including phenoxy) is 2. The van der Waals surface area contributed by atoms with Crippen molar-refractivity contribution in [3.05, 3.63) is 23.8 Å². The average Bonchev–Trinajstić information content (AvgIpc) is 2.83. The first-order chi connectivity index (χ1) is 12.6. The van der Waals surface area contributed by atoms with E-state index < -0.39 is 11.6 Å². The summed E-state index contributed by atoms with van der Waals surface area (Å²) in [6.07, 6.45) is 4.97. The van der Waals surface area contributed by atoms with E-state index in [1.165, 1.54) is 0 Å². The van der Waals surface area contributed by atoms with Gasteiger partial charge in [0.05, 0.1) is 19.8 Å². The van der Waals surface area contributed by atoms with Crippen molar-refractivity contribution in [1.82, 2.24) is 10.2 Å². The van der Waals surface area contributed by atoms with Gasteiger partial charge in [-0.25, -0.2) is 4.79 Å². The Morgan fingerprint density at radius 1 is 1.04 bits per heavy atom. The van der Waals surface area contributed by atoms with E-state index in [1.54, 1.807) is 18.2 Å². The number of benzene rings is 1. The molecule has 2 heterocycles. The molecule has 1 saturated carbocycles. The van der Waals surface area contributed by atoms with Crippen LogP contribution in [0.15, 0.2) is 18.2 Å². The highest BCUT2D eigenvalue weighted by molar-refractivity contribution is 6.11. The van der Waals surface area contributed by atoms with E-state index >= 15 is 0 Å². The number of amides is 3. The van der Waals surface area contributed by atoms with Crippen LogP contribution in [0.1, 0.15) is 48.9 Å². The smallest absolute Gasteiger partial charge is 0.325 e. The number of ketones is 1. The molecular formula is C19H22N2O5. The number of hydrogen-bond donors (Lipinski definition) is 1. The molecule has 1 aliphatic carbocycles. The fourth-order valence-corrected chi connectivity index (χ4v) is 3.89. The van der Waals surface area contributed by atoms with E-state index in [0.717, 1.165) is 30.6 Å². The number of Topliss-reactive ketones (excluding diaryl/α,β-unsaturated/α-hetero) is 1. The number of nitrogens with one attached hydrogen (secondary N) is 1. The molecule has 7 heteroatoms. The third-order valence-corrected chi connectivity index (χ3v) is 5.32. The zero-order valence-corrected chi connectivity index (χ0v) is 14.6. The largest absolute Gasteiger partial charge is 0.490 e. The van der Waals surface area contributed by atoms with E-state index in [1.807, 2.05) is 0 Å². The van der Waals surface area contributed by atoms with E-state index in [2.05, 4.69) is 5.32 Å². The Kier molecular flexibility index (Phi) is 4.30. The normalized spacial score (nSPS) is 21.5. The molecule has 0 bridgehead atoms. The van der Waals surface area contributed by atoms with Crippen molar-refractivity contribution in [1.29, 1.82) is 0 Å². The number of carbonyl (C=O) groups is 3. The lowest BCUT2D eigenvalue weighted by Crippen LogP contribution is -2.48. The molecule has 1 N–H and O–H groups in total. The maximum Gasteiger partial charge on any atom is 0.325 e. The number of hydrogen-bond acceptors (Lipinski definition) is 5. The SMILES string of the molecule is O=C(CN1C(=O)NC2(CCCCC2)C1=O)c1ccc2c(c1)OCCCO2. The molecule has 0 atom stereocenters. The molecule has 2 fully saturated rings. The minimum absolute atomic E-state index is 0.258. The first-order valence-electron chi connectivity index (χ1n) is 9.16. The molecule has 0 radical (unpaired) electrons. The Balaban J connectivity index is 1.50. The van der Waals surface area contributed by atoms with Crippen LogP contribution in [0.4, 0.5) is 4.79 Å². The van der Waals surface area contributed by atoms with Crippen LogP contribution >= 0.6 is 0 Å². The first kappa shape index (κ1) is 16.9. The molecule has 4 rings (SSSR count). The predicted octanol–water partition coefficient (Wildman–Crippen LogP) is 2.29. The molecule has 0 aromatic heterocycles. The average molecular weight is 358 g/mol. The van der Waals surface area contributed by atoms with Crippen LogP contribution in [0.2, 0.25) is 0 Å². The zero-order valence-electron chi connectivity index (χ0n) is 14.6. The van der Waals surface area contributed by atoms with E-state index in [4.69, 9.17) is 9.47 Å². The molecule has 2 aliphatic heterocycles. The van der Waals surface area contributed by atoms with Gasteiger partial charge >= 0.3 is 6.03 Å². The lowest BCUT2D eigenvalue weighted by molar-refractivity contribution is -0.132. The van der Waals surface area contributed by atoms with Crippen LogP contribution in [-0.2, 0) is 4.79 Å². The second kappa shape index (κ2) is 6.63. The molecule has 3 aliphatic rings. The first-order valence-corrected chi connectivity index (χ1v) is 9.16.